The van der Waals surface area contributed by atoms with Crippen molar-refractivity contribution in [3.63, 3.8) is 0 Å². The van der Waals surface area contributed by atoms with E-state index in [0.29, 0.717) is 17.1 Å². The summed E-state index contributed by atoms with van der Waals surface area (Å²) in [4.78, 5) is 12.5. The van der Waals surface area contributed by atoms with Crippen LogP contribution in [0.2, 0.25) is 0 Å². The number of aromatic nitrogens is 4. The SMILES string of the molecule is Nc1ccc(-n2nccc2-c2nn(-c3cccc(OC(F)(F)F)c3)ccc2=O)cc1. The molecule has 0 saturated carbocycles. The van der Waals surface area contributed by atoms with Crippen molar-refractivity contribution in [3.05, 3.63) is 83.3 Å². The molecule has 152 valence electrons. The van der Waals surface area contributed by atoms with Crippen molar-refractivity contribution in [2.45, 2.75) is 6.36 Å². The van der Waals surface area contributed by atoms with Gasteiger partial charge in [0.25, 0.3) is 0 Å². The summed E-state index contributed by atoms with van der Waals surface area (Å²) in [6, 6.07) is 15.1. The molecule has 0 atom stereocenters. The van der Waals surface area contributed by atoms with Crippen LogP contribution >= 0.6 is 0 Å². The van der Waals surface area contributed by atoms with Gasteiger partial charge in [0.2, 0.25) is 5.43 Å². The topological polar surface area (TPSA) is 88.0 Å². The minimum Gasteiger partial charge on any atom is -0.406 e. The molecule has 0 aliphatic heterocycles. The zero-order chi connectivity index (χ0) is 21.3. The zero-order valence-electron chi connectivity index (χ0n) is 15.2. The Labute approximate surface area is 167 Å². The van der Waals surface area contributed by atoms with Crippen LogP contribution in [-0.2, 0) is 0 Å². The fourth-order valence-corrected chi connectivity index (χ4v) is 2.86. The molecule has 0 spiro atoms. The number of benzene rings is 2. The molecule has 0 aliphatic carbocycles. The lowest BCUT2D eigenvalue weighted by atomic mass is 10.2. The second-order valence-corrected chi connectivity index (χ2v) is 6.24. The molecule has 0 unspecified atom stereocenters. The first kappa shape index (κ1) is 19.2. The van der Waals surface area contributed by atoms with Gasteiger partial charge in [-0.15, -0.1) is 13.2 Å². The van der Waals surface area contributed by atoms with E-state index in [1.165, 1.54) is 46.0 Å². The van der Waals surface area contributed by atoms with Crippen molar-refractivity contribution in [1.82, 2.24) is 19.6 Å². The second-order valence-electron chi connectivity index (χ2n) is 6.24. The van der Waals surface area contributed by atoms with Gasteiger partial charge < -0.3 is 10.5 Å². The number of alkyl halides is 3. The lowest BCUT2D eigenvalue weighted by Crippen LogP contribution is -2.17. The molecule has 4 rings (SSSR count). The Morgan fingerprint density at radius 2 is 1.73 bits per heavy atom. The molecule has 0 bridgehead atoms. The molecule has 30 heavy (non-hydrogen) atoms. The van der Waals surface area contributed by atoms with Crippen molar-refractivity contribution in [3.8, 4) is 28.5 Å². The lowest BCUT2D eigenvalue weighted by Gasteiger charge is -2.12. The summed E-state index contributed by atoms with van der Waals surface area (Å²) in [5.74, 6) is -0.394. The number of nitrogens with zero attached hydrogens (tertiary/aromatic N) is 4. The van der Waals surface area contributed by atoms with Crippen LogP contribution in [-0.4, -0.2) is 25.9 Å². The van der Waals surface area contributed by atoms with E-state index in [9.17, 15) is 18.0 Å². The molecule has 0 saturated heterocycles. The average Bonchev–Trinajstić information content (AvgIpc) is 3.17. The number of nitrogens with two attached hydrogens (primary N) is 1. The predicted molar refractivity (Wildman–Crippen MR) is 103 cm³/mol. The molecule has 0 amide bonds. The summed E-state index contributed by atoms with van der Waals surface area (Å²) in [5, 5.41) is 8.54. The largest absolute Gasteiger partial charge is 0.573 e. The third-order valence-electron chi connectivity index (χ3n) is 4.15. The number of anilines is 1. The summed E-state index contributed by atoms with van der Waals surface area (Å²) >= 11 is 0. The van der Waals surface area contributed by atoms with Crippen LogP contribution in [0, 0.1) is 0 Å². The number of nitrogen functional groups attached to an aromatic ring is 1. The number of halogens is 3. The Balaban J connectivity index is 1.76. The van der Waals surface area contributed by atoms with Gasteiger partial charge in [0, 0.05) is 24.0 Å². The monoisotopic (exact) mass is 413 g/mol. The number of hydrogen-bond acceptors (Lipinski definition) is 5. The standard InChI is InChI=1S/C20H14F3N5O2/c21-20(22,23)30-16-3-1-2-15(12-16)27-11-9-18(29)19(26-27)17-8-10-25-28(17)14-6-4-13(24)5-7-14/h1-12H,24H2. The van der Waals surface area contributed by atoms with Gasteiger partial charge in [-0.1, -0.05) is 6.07 Å². The first-order valence-corrected chi connectivity index (χ1v) is 8.67. The normalized spacial score (nSPS) is 11.4. The Bertz CT molecular complexity index is 1250. The van der Waals surface area contributed by atoms with E-state index in [4.69, 9.17) is 5.73 Å². The van der Waals surface area contributed by atoms with E-state index in [2.05, 4.69) is 14.9 Å². The van der Waals surface area contributed by atoms with Crippen LogP contribution < -0.4 is 15.9 Å². The molecule has 2 heterocycles. The smallest absolute Gasteiger partial charge is 0.406 e. The number of hydrogen-bond donors (Lipinski definition) is 1. The van der Waals surface area contributed by atoms with Crippen molar-refractivity contribution in [2.75, 3.05) is 5.73 Å². The summed E-state index contributed by atoms with van der Waals surface area (Å²) in [6.07, 6.45) is -1.93. The summed E-state index contributed by atoms with van der Waals surface area (Å²) in [5.41, 5.74) is 7.37. The highest BCUT2D eigenvalue weighted by Gasteiger charge is 2.31. The maximum absolute atomic E-state index is 12.5. The van der Waals surface area contributed by atoms with E-state index in [-0.39, 0.29) is 16.8 Å². The van der Waals surface area contributed by atoms with Gasteiger partial charge in [0.05, 0.1) is 23.3 Å². The van der Waals surface area contributed by atoms with Crippen molar-refractivity contribution in [2.24, 2.45) is 0 Å². The van der Waals surface area contributed by atoms with Gasteiger partial charge in [-0.3, -0.25) is 4.79 Å². The maximum atomic E-state index is 12.5. The van der Waals surface area contributed by atoms with E-state index >= 15 is 0 Å². The molecule has 2 aromatic heterocycles. The third kappa shape index (κ3) is 4.02. The van der Waals surface area contributed by atoms with Gasteiger partial charge >= 0.3 is 6.36 Å². The van der Waals surface area contributed by atoms with Crippen LogP contribution in [0.4, 0.5) is 18.9 Å². The first-order valence-electron chi connectivity index (χ1n) is 8.67. The van der Waals surface area contributed by atoms with Crippen LogP contribution in [0.15, 0.2) is 77.9 Å². The molecule has 0 aliphatic rings. The van der Waals surface area contributed by atoms with Crippen LogP contribution in [0.5, 0.6) is 5.75 Å². The van der Waals surface area contributed by atoms with Gasteiger partial charge in [0.1, 0.15) is 5.75 Å². The average molecular weight is 413 g/mol. The zero-order valence-corrected chi connectivity index (χ0v) is 15.2. The molecule has 0 fully saturated rings. The third-order valence-corrected chi connectivity index (χ3v) is 4.15. The van der Waals surface area contributed by atoms with E-state index in [1.807, 2.05) is 0 Å². The molecular weight excluding hydrogens is 399 g/mol. The first-order chi connectivity index (χ1) is 14.3. The fourth-order valence-electron chi connectivity index (χ4n) is 2.86. The minimum absolute atomic E-state index is 0.0777. The number of ether oxygens (including phenoxy) is 1. The Morgan fingerprint density at radius 1 is 0.967 bits per heavy atom. The predicted octanol–water partition coefficient (Wildman–Crippen LogP) is 3.57. The van der Waals surface area contributed by atoms with Crippen molar-refractivity contribution in [1.29, 1.82) is 0 Å². The van der Waals surface area contributed by atoms with Gasteiger partial charge in [-0.05, 0) is 42.5 Å². The maximum Gasteiger partial charge on any atom is 0.573 e. The molecular formula is C20H14F3N5O2. The lowest BCUT2D eigenvalue weighted by molar-refractivity contribution is -0.274. The van der Waals surface area contributed by atoms with E-state index in [1.54, 1.807) is 36.4 Å². The minimum atomic E-state index is -4.81. The van der Waals surface area contributed by atoms with Crippen molar-refractivity contribution < 1.29 is 17.9 Å². The molecule has 0 radical (unpaired) electrons. The van der Waals surface area contributed by atoms with E-state index in [0.717, 1.165) is 0 Å². The number of rotatable bonds is 4. The van der Waals surface area contributed by atoms with Gasteiger partial charge in [-0.2, -0.15) is 10.2 Å². The summed E-state index contributed by atoms with van der Waals surface area (Å²) < 4.78 is 44.3. The Morgan fingerprint density at radius 3 is 2.47 bits per heavy atom. The van der Waals surface area contributed by atoms with Gasteiger partial charge in [0.15, 0.2) is 5.69 Å². The quantitative estimate of drug-likeness (QED) is 0.517. The Hall–Kier alpha value is -4.08. The molecule has 4 aromatic rings. The molecule has 2 aromatic carbocycles. The van der Waals surface area contributed by atoms with E-state index < -0.39 is 12.1 Å². The Kier molecular flexibility index (Phi) is 4.74. The van der Waals surface area contributed by atoms with Crippen LogP contribution in [0.3, 0.4) is 0 Å². The highest BCUT2D eigenvalue weighted by atomic mass is 19.4. The highest BCUT2D eigenvalue weighted by molar-refractivity contribution is 5.58. The van der Waals surface area contributed by atoms with Crippen LogP contribution in [0.25, 0.3) is 22.8 Å². The van der Waals surface area contributed by atoms with Crippen LogP contribution in [0.1, 0.15) is 0 Å². The van der Waals surface area contributed by atoms with Gasteiger partial charge in [-0.25, -0.2) is 9.36 Å². The molecule has 7 nitrogen and oxygen atoms in total. The molecule has 2 N–H and O–H groups in total. The summed E-state index contributed by atoms with van der Waals surface area (Å²) in [6.45, 7) is 0. The molecule has 10 heteroatoms. The summed E-state index contributed by atoms with van der Waals surface area (Å²) in [7, 11) is 0. The fraction of sp³-hybridized carbons (Fsp3) is 0.0500. The second kappa shape index (κ2) is 7.39. The van der Waals surface area contributed by atoms with Crippen molar-refractivity contribution >= 4 is 5.69 Å². The highest BCUT2D eigenvalue weighted by Crippen LogP contribution is 2.25.